The number of thiazole rings is 1. The Bertz CT molecular complexity index is 1690. The molecule has 0 fully saturated rings. The van der Waals surface area contributed by atoms with Crippen LogP contribution in [-0.4, -0.2) is 20.7 Å². The molecule has 1 amide bonds. The van der Waals surface area contributed by atoms with Gasteiger partial charge in [0, 0.05) is 21.4 Å². The molecule has 0 aliphatic rings. The van der Waals surface area contributed by atoms with Crippen molar-refractivity contribution in [2.75, 3.05) is 4.90 Å². The van der Waals surface area contributed by atoms with Crippen molar-refractivity contribution in [3.8, 4) is 16.9 Å². The zero-order chi connectivity index (χ0) is 25.4. The minimum absolute atomic E-state index is 0.0823. The van der Waals surface area contributed by atoms with Crippen LogP contribution in [0.15, 0.2) is 96.4 Å². The molecule has 0 N–H and O–H groups in total. The molecule has 0 radical (unpaired) electrons. The summed E-state index contributed by atoms with van der Waals surface area (Å²) in [5.74, 6) is -0.0823. The molecule has 8 heteroatoms. The number of amides is 1. The van der Waals surface area contributed by atoms with E-state index in [9.17, 15) is 4.79 Å². The lowest BCUT2D eigenvalue weighted by Crippen LogP contribution is -2.29. The van der Waals surface area contributed by atoms with Gasteiger partial charge in [0.1, 0.15) is 4.83 Å². The van der Waals surface area contributed by atoms with Crippen molar-refractivity contribution in [2.45, 2.75) is 13.5 Å². The molecule has 0 aliphatic heterocycles. The van der Waals surface area contributed by atoms with Crippen molar-refractivity contribution in [1.82, 2.24) is 14.8 Å². The van der Waals surface area contributed by atoms with Gasteiger partial charge in [0.05, 0.1) is 28.5 Å². The molecule has 182 valence electrons. The Morgan fingerprint density at radius 3 is 2.41 bits per heavy atom. The van der Waals surface area contributed by atoms with Gasteiger partial charge >= 0.3 is 0 Å². The number of fused-ring (bicyclic) bond motifs is 1. The maximum atomic E-state index is 14.0. The number of halogens is 1. The van der Waals surface area contributed by atoms with E-state index < -0.39 is 0 Å². The van der Waals surface area contributed by atoms with E-state index in [0.717, 1.165) is 38.4 Å². The minimum Gasteiger partial charge on any atom is -0.279 e. The average Bonchev–Trinajstić information content (AvgIpc) is 3.66. The number of hydrogen-bond donors (Lipinski definition) is 0. The van der Waals surface area contributed by atoms with Gasteiger partial charge in [-0.1, -0.05) is 72.3 Å². The normalized spacial score (nSPS) is 11.2. The molecule has 5 nitrogen and oxygen atoms in total. The Kier molecular flexibility index (Phi) is 6.34. The number of aryl methyl sites for hydroxylation is 1. The monoisotopic (exact) mass is 540 g/mol. The predicted molar refractivity (Wildman–Crippen MR) is 153 cm³/mol. The second-order valence-corrected chi connectivity index (χ2v) is 10.9. The van der Waals surface area contributed by atoms with Gasteiger partial charge in [-0.15, -0.1) is 22.7 Å². The zero-order valence-electron chi connectivity index (χ0n) is 19.8. The molecule has 3 heterocycles. The molecule has 0 saturated carbocycles. The summed E-state index contributed by atoms with van der Waals surface area (Å²) < 4.78 is 1.91. The topological polar surface area (TPSA) is 51.0 Å². The Morgan fingerprint density at radius 1 is 0.973 bits per heavy atom. The number of carbonyl (C=O) groups excluding carboxylic acids is 1. The highest BCUT2D eigenvalue weighted by atomic mass is 35.5. The summed E-state index contributed by atoms with van der Waals surface area (Å²) in [6.07, 6.45) is 0. The summed E-state index contributed by atoms with van der Waals surface area (Å²) in [6, 6.07) is 29.5. The van der Waals surface area contributed by atoms with Crippen LogP contribution in [0.3, 0.4) is 0 Å². The first-order valence-electron chi connectivity index (χ1n) is 11.7. The van der Waals surface area contributed by atoms with Gasteiger partial charge in [-0.3, -0.25) is 9.69 Å². The van der Waals surface area contributed by atoms with Crippen molar-refractivity contribution < 1.29 is 4.79 Å². The molecule has 6 aromatic rings. The number of benzene rings is 3. The average molecular weight is 541 g/mol. The summed E-state index contributed by atoms with van der Waals surface area (Å²) in [5, 5.41) is 9.01. The number of nitrogens with zero attached hydrogens (tertiary/aromatic N) is 4. The van der Waals surface area contributed by atoms with Crippen molar-refractivity contribution in [3.05, 3.63) is 118 Å². The van der Waals surface area contributed by atoms with E-state index in [1.54, 1.807) is 4.90 Å². The van der Waals surface area contributed by atoms with Gasteiger partial charge in [0.25, 0.3) is 5.91 Å². The van der Waals surface area contributed by atoms with Gasteiger partial charge in [-0.05, 0) is 42.8 Å². The minimum atomic E-state index is -0.0823. The van der Waals surface area contributed by atoms with Crippen LogP contribution in [0.1, 0.15) is 20.9 Å². The molecular formula is C29H21ClN4OS2. The summed E-state index contributed by atoms with van der Waals surface area (Å²) in [4.78, 5) is 22.2. The van der Waals surface area contributed by atoms with Crippen LogP contribution in [0.4, 0.5) is 5.13 Å². The fourth-order valence-electron chi connectivity index (χ4n) is 4.16. The fourth-order valence-corrected chi connectivity index (χ4v) is 6.25. The first-order valence-corrected chi connectivity index (χ1v) is 13.8. The maximum Gasteiger partial charge on any atom is 0.270 e. The first-order chi connectivity index (χ1) is 18.1. The smallest absolute Gasteiger partial charge is 0.270 e. The molecule has 6 rings (SSSR count). The number of thiophene rings is 1. The van der Waals surface area contributed by atoms with E-state index >= 15 is 0 Å². The number of rotatable bonds is 6. The van der Waals surface area contributed by atoms with E-state index in [1.165, 1.54) is 22.7 Å². The van der Waals surface area contributed by atoms with Crippen molar-refractivity contribution in [2.24, 2.45) is 0 Å². The summed E-state index contributed by atoms with van der Waals surface area (Å²) in [6.45, 7) is 2.40. The second kappa shape index (κ2) is 9.94. The first kappa shape index (κ1) is 23.6. The standard InChI is InChI=1S/C29H21ClN4OS2/c1-19-24-16-26(37-28(24)34(32-19)23-10-6-3-7-11-23)27(35)33(17-20-8-4-2-5-9-20)29-31-25(18-36-29)21-12-14-22(30)15-13-21/h2-16,18H,17H2,1H3. The Balaban J connectivity index is 1.40. The molecule has 0 unspecified atom stereocenters. The second-order valence-electron chi connectivity index (χ2n) is 8.56. The molecule has 0 spiro atoms. The zero-order valence-corrected chi connectivity index (χ0v) is 22.2. The highest BCUT2D eigenvalue weighted by Gasteiger charge is 2.25. The number of anilines is 1. The predicted octanol–water partition coefficient (Wildman–Crippen LogP) is 8.02. The van der Waals surface area contributed by atoms with Crippen LogP contribution in [0, 0.1) is 6.92 Å². The van der Waals surface area contributed by atoms with Gasteiger partial charge < -0.3 is 0 Å². The molecule has 0 saturated heterocycles. The van der Waals surface area contributed by atoms with Crippen molar-refractivity contribution >= 4 is 55.5 Å². The van der Waals surface area contributed by atoms with Crippen LogP contribution in [0.5, 0.6) is 0 Å². The molecule has 3 aromatic heterocycles. The van der Waals surface area contributed by atoms with Crippen LogP contribution >= 0.6 is 34.3 Å². The van der Waals surface area contributed by atoms with Crippen molar-refractivity contribution in [3.63, 3.8) is 0 Å². The molecule has 0 aliphatic carbocycles. The Morgan fingerprint density at radius 2 is 1.68 bits per heavy atom. The largest absolute Gasteiger partial charge is 0.279 e. The molecule has 37 heavy (non-hydrogen) atoms. The van der Waals surface area contributed by atoms with E-state index in [1.807, 2.05) is 108 Å². The van der Waals surface area contributed by atoms with E-state index in [-0.39, 0.29) is 5.91 Å². The molecule has 3 aromatic carbocycles. The molecule has 0 bridgehead atoms. The number of hydrogen-bond acceptors (Lipinski definition) is 5. The van der Waals surface area contributed by atoms with Crippen LogP contribution < -0.4 is 4.90 Å². The molecule has 0 atom stereocenters. The number of para-hydroxylation sites is 1. The van der Waals surface area contributed by atoms with Gasteiger partial charge in [-0.25, -0.2) is 9.67 Å². The van der Waals surface area contributed by atoms with E-state index in [4.69, 9.17) is 21.7 Å². The summed E-state index contributed by atoms with van der Waals surface area (Å²) >= 11 is 8.98. The van der Waals surface area contributed by atoms with Crippen LogP contribution in [-0.2, 0) is 6.54 Å². The fraction of sp³-hybridized carbons (Fsp3) is 0.0690. The summed E-state index contributed by atoms with van der Waals surface area (Å²) in [5.41, 5.74) is 4.67. The summed E-state index contributed by atoms with van der Waals surface area (Å²) in [7, 11) is 0. The van der Waals surface area contributed by atoms with Gasteiger partial charge in [-0.2, -0.15) is 5.10 Å². The SMILES string of the molecule is Cc1nn(-c2ccccc2)c2sc(C(=O)N(Cc3ccccc3)c3nc(-c4ccc(Cl)cc4)cs3)cc12. The van der Waals surface area contributed by atoms with E-state index in [0.29, 0.717) is 21.6 Å². The number of aromatic nitrogens is 3. The van der Waals surface area contributed by atoms with Crippen molar-refractivity contribution in [1.29, 1.82) is 0 Å². The molecular weight excluding hydrogens is 520 g/mol. The highest BCUT2D eigenvalue weighted by molar-refractivity contribution is 7.20. The number of carbonyl (C=O) groups is 1. The third kappa shape index (κ3) is 4.69. The van der Waals surface area contributed by atoms with Crippen LogP contribution in [0.2, 0.25) is 5.02 Å². The Labute approximate surface area is 227 Å². The quantitative estimate of drug-likeness (QED) is 0.215. The lowest BCUT2D eigenvalue weighted by atomic mass is 10.2. The lowest BCUT2D eigenvalue weighted by Gasteiger charge is -2.19. The van der Waals surface area contributed by atoms with Gasteiger partial charge in [0.2, 0.25) is 0 Å². The van der Waals surface area contributed by atoms with E-state index in [2.05, 4.69) is 0 Å². The Hall–Kier alpha value is -3.78. The van der Waals surface area contributed by atoms with Crippen LogP contribution in [0.25, 0.3) is 27.2 Å². The maximum absolute atomic E-state index is 14.0. The third-order valence-corrected chi connectivity index (χ3v) is 8.26. The third-order valence-electron chi connectivity index (χ3n) is 6.05. The highest BCUT2D eigenvalue weighted by Crippen LogP contribution is 2.34. The van der Waals surface area contributed by atoms with Gasteiger partial charge in [0.15, 0.2) is 5.13 Å². The lowest BCUT2D eigenvalue weighted by molar-refractivity contribution is 0.0989.